The molecule has 0 saturated carbocycles. The van der Waals surface area contributed by atoms with Gasteiger partial charge in [-0.3, -0.25) is 4.79 Å². The standard InChI is InChI=1S/C18H18N2O3S/c21-12-14-6-8-15(9-7-14)18-20-19-17(23-18)13-24-11-10-22-16-4-2-1-3-5-16/h1-2,4,6-9,12H,3,5,10-11,13H2. The number of aromatic nitrogens is 2. The van der Waals surface area contributed by atoms with Crippen LogP contribution in [0, 0.1) is 0 Å². The third-order valence-electron chi connectivity index (χ3n) is 3.48. The molecule has 0 N–H and O–H groups in total. The summed E-state index contributed by atoms with van der Waals surface area (Å²) in [5.74, 6) is 3.64. The van der Waals surface area contributed by atoms with Crippen molar-refractivity contribution in [2.45, 2.75) is 18.6 Å². The molecule has 1 heterocycles. The summed E-state index contributed by atoms with van der Waals surface area (Å²) in [5, 5.41) is 8.10. The van der Waals surface area contributed by atoms with E-state index in [9.17, 15) is 4.79 Å². The molecule has 0 atom stereocenters. The highest BCUT2D eigenvalue weighted by atomic mass is 32.2. The van der Waals surface area contributed by atoms with Gasteiger partial charge in [0, 0.05) is 23.3 Å². The Hall–Kier alpha value is -2.34. The van der Waals surface area contributed by atoms with Crippen molar-refractivity contribution < 1.29 is 13.9 Å². The maximum Gasteiger partial charge on any atom is 0.247 e. The highest BCUT2D eigenvalue weighted by Crippen LogP contribution is 2.20. The lowest BCUT2D eigenvalue weighted by Crippen LogP contribution is -1.99. The molecule has 1 aliphatic rings. The maximum atomic E-state index is 10.7. The SMILES string of the molecule is O=Cc1ccc(-c2nnc(CSCCOC3=CC=CCC3)o2)cc1. The zero-order valence-corrected chi connectivity index (χ0v) is 14.0. The van der Waals surface area contributed by atoms with Crippen LogP contribution in [-0.4, -0.2) is 28.8 Å². The summed E-state index contributed by atoms with van der Waals surface area (Å²) < 4.78 is 11.4. The van der Waals surface area contributed by atoms with Crippen LogP contribution in [0.2, 0.25) is 0 Å². The number of hydrogen-bond donors (Lipinski definition) is 0. The Morgan fingerprint density at radius 1 is 1.25 bits per heavy atom. The van der Waals surface area contributed by atoms with Crippen LogP contribution in [0.15, 0.2) is 52.7 Å². The lowest BCUT2D eigenvalue weighted by atomic mass is 10.1. The second-order valence-corrected chi connectivity index (χ2v) is 6.35. The Kier molecular flexibility index (Phi) is 5.85. The van der Waals surface area contributed by atoms with Crippen LogP contribution in [0.1, 0.15) is 29.1 Å². The first kappa shape index (κ1) is 16.5. The molecular weight excluding hydrogens is 324 g/mol. The van der Waals surface area contributed by atoms with Crippen LogP contribution < -0.4 is 0 Å². The number of rotatable bonds is 8. The van der Waals surface area contributed by atoms with E-state index >= 15 is 0 Å². The molecule has 0 aliphatic heterocycles. The van der Waals surface area contributed by atoms with Gasteiger partial charge in [-0.2, -0.15) is 0 Å². The van der Waals surface area contributed by atoms with Gasteiger partial charge in [0.2, 0.25) is 11.8 Å². The number of carbonyl (C=O) groups is 1. The van der Waals surface area contributed by atoms with Gasteiger partial charge < -0.3 is 9.15 Å². The van der Waals surface area contributed by atoms with Crippen LogP contribution in [0.4, 0.5) is 0 Å². The molecule has 3 rings (SSSR count). The Labute approximate surface area is 144 Å². The molecule has 0 fully saturated rings. The molecule has 0 unspecified atom stereocenters. The van der Waals surface area contributed by atoms with Crippen LogP contribution in [-0.2, 0) is 10.5 Å². The van der Waals surface area contributed by atoms with Crippen molar-refractivity contribution in [1.29, 1.82) is 0 Å². The predicted molar refractivity (Wildman–Crippen MR) is 93.7 cm³/mol. The van der Waals surface area contributed by atoms with Gasteiger partial charge in [-0.05, 0) is 24.6 Å². The topological polar surface area (TPSA) is 65.2 Å². The van der Waals surface area contributed by atoms with Gasteiger partial charge in [0.25, 0.3) is 0 Å². The number of ether oxygens (including phenoxy) is 1. The monoisotopic (exact) mass is 342 g/mol. The zero-order valence-electron chi connectivity index (χ0n) is 13.2. The summed E-state index contributed by atoms with van der Waals surface area (Å²) >= 11 is 1.70. The van der Waals surface area contributed by atoms with E-state index in [1.807, 2.05) is 12.2 Å². The molecule has 0 saturated heterocycles. The first-order valence-corrected chi connectivity index (χ1v) is 8.95. The number of aldehydes is 1. The number of allylic oxidation sites excluding steroid dienone is 4. The lowest BCUT2D eigenvalue weighted by molar-refractivity contribution is 0.112. The van der Waals surface area contributed by atoms with Gasteiger partial charge in [0.05, 0.1) is 18.1 Å². The second kappa shape index (κ2) is 8.49. The molecule has 1 aromatic heterocycles. The summed E-state index contributed by atoms with van der Waals surface area (Å²) in [7, 11) is 0. The Bertz CT molecular complexity index is 735. The van der Waals surface area contributed by atoms with Gasteiger partial charge in [-0.1, -0.05) is 24.3 Å². The minimum Gasteiger partial charge on any atom is -0.497 e. The maximum absolute atomic E-state index is 10.7. The van der Waals surface area contributed by atoms with E-state index in [-0.39, 0.29) is 0 Å². The molecule has 0 spiro atoms. The Balaban J connectivity index is 1.43. The van der Waals surface area contributed by atoms with Crippen LogP contribution in [0.25, 0.3) is 11.5 Å². The first-order valence-electron chi connectivity index (χ1n) is 7.79. The fraction of sp³-hybridized carbons (Fsp3) is 0.278. The molecule has 0 radical (unpaired) electrons. The predicted octanol–water partition coefficient (Wildman–Crippen LogP) is 4.03. The van der Waals surface area contributed by atoms with Crippen molar-refractivity contribution in [3.05, 3.63) is 59.7 Å². The zero-order chi connectivity index (χ0) is 16.6. The Morgan fingerprint density at radius 2 is 2.12 bits per heavy atom. The molecule has 5 nitrogen and oxygen atoms in total. The summed E-state index contributed by atoms with van der Waals surface area (Å²) in [6, 6.07) is 7.06. The van der Waals surface area contributed by atoms with E-state index in [0.29, 0.717) is 29.7 Å². The fourth-order valence-electron chi connectivity index (χ4n) is 2.22. The summed E-state index contributed by atoms with van der Waals surface area (Å²) in [4.78, 5) is 10.7. The number of thioether (sulfide) groups is 1. The minimum absolute atomic E-state index is 0.471. The van der Waals surface area contributed by atoms with Gasteiger partial charge in [-0.15, -0.1) is 22.0 Å². The number of carbonyl (C=O) groups excluding carboxylic acids is 1. The van der Waals surface area contributed by atoms with Crippen molar-refractivity contribution in [2.75, 3.05) is 12.4 Å². The molecule has 1 aliphatic carbocycles. The highest BCUT2D eigenvalue weighted by molar-refractivity contribution is 7.98. The van der Waals surface area contributed by atoms with Gasteiger partial charge in [0.1, 0.15) is 6.29 Å². The van der Waals surface area contributed by atoms with E-state index in [4.69, 9.17) is 9.15 Å². The summed E-state index contributed by atoms with van der Waals surface area (Å²) in [5.41, 5.74) is 1.43. The van der Waals surface area contributed by atoms with Crippen molar-refractivity contribution in [2.24, 2.45) is 0 Å². The number of hydrogen-bond acceptors (Lipinski definition) is 6. The normalized spacial score (nSPS) is 13.6. The van der Waals surface area contributed by atoms with E-state index in [0.717, 1.165) is 36.2 Å². The van der Waals surface area contributed by atoms with Gasteiger partial charge >= 0.3 is 0 Å². The van der Waals surface area contributed by atoms with Gasteiger partial charge in [0.15, 0.2) is 0 Å². The molecule has 1 aromatic carbocycles. The van der Waals surface area contributed by atoms with Crippen molar-refractivity contribution in [3.63, 3.8) is 0 Å². The quantitative estimate of drug-likeness (QED) is 0.533. The van der Waals surface area contributed by atoms with E-state index in [1.165, 1.54) is 0 Å². The summed E-state index contributed by atoms with van der Waals surface area (Å²) in [6.45, 7) is 0.679. The van der Waals surface area contributed by atoms with E-state index in [2.05, 4.69) is 16.3 Å². The first-order chi connectivity index (χ1) is 11.8. The average Bonchev–Trinajstić information content (AvgIpc) is 3.11. The molecule has 6 heteroatoms. The smallest absolute Gasteiger partial charge is 0.247 e. The van der Waals surface area contributed by atoms with Crippen molar-refractivity contribution in [1.82, 2.24) is 10.2 Å². The third-order valence-corrected chi connectivity index (χ3v) is 4.38. The lowest BCUT2D eigenvalue weighted by Gasteiger charge is -2.10. The van der Waals surface area contributed by atoms with E-state index in [1.54, 1.807) is 36.0 Å². The number of nitrogens with zero attached hydrogens (tertiary/aromatic N) is 2. The van der Waals surface area contributed by atoms with Crippen LogP contribution >= 0.6 is 11.8 Å². The van der Waals surface area contributed by atoms with Gasteiger partial charge in [-0.25, -0.2) is 0 Å². The van der Waals surface area contributed by atoms with Crippen molar-refractivity contribution >= 4 is 18.0 Å². The molecule has 0 bridgehead atoms. The van der Waals surface area contributed by atoms with Crippen LogP contribution in [0.5, 0.6) is 0 Å². The average molecular weight is 342 g/mol. The Morgan fingerprint density at radius 3 is 2.88 bits per heavy atom. The highest BCUT2D eigenvalue weighted by Gasteiger charge is 2.09. The largest absolute Gasteiger partial charge is 0.497 e. The van der Waals surface area contributed by atoms with Crippen molar-refractivity contribution in [3.8, 4) is 11.5 Å². The van der Waals surface area contributed by atoms with Crippen LogP contribution in [0.3, 0.4) is 0 Å². The molecule has 124 valence electrons. The molecule has 2 aromatic rings. The minimum atomic E-state index is 0.471. The fourth-order valence-corrected chi connectivity index (χ4v) is 2.86. The summed E-state index contributed by atoms with van der Waals surface area (Å²) in [6.07, 6.45) is 9.04. The molecular formula is C18H18N2O3S. The van der Waals surface area contributed by atoms with E-state index < -0.39 is 0 Å². The molecule has 24 heavy (non-hydrogen) atoms. The number of benzene rings is 1. The third kappa shape index (κ3) is 4.58. The second-order valence-electron chi connectivity index (χ2n) is 5.24. The molecule has 0 amide bonds.